The van der Waals surface area contributed by atoms with Gasteiger partial charge in [0.1, 0.15) is 0 Å². The second-order valence-electron chi connectivity index (χ2n) is 5.86. The molecule has 0 bridgehead atoms. The van der Waals surface area contributed by atoms with Gasteiger partial charge in [0, 0.05) is 15.6 Å². The predicted molar refractivity (Wildman–Crippen MR) is 81.3 cm³/mol. The van der Waals surface area contributed by atoms with Crippen molar-refractivity contribution in [3.63, 3.8) is 0 Å². The van der Waals surface area contributed by atoms with Gasteiger partial charge in [0.05, 0.1) is 6.04 Å². The molecule has 2 aliphatic rings. The summed E-state index contributed by atoms with van der Waals surface area (Å²) < 4.78 is 5.48. The first kappa shape index (κ1) is 13.6. The highest BCUT2D eigenvalue weighted by atomic mass is 35.5. The van der Waals surface area contributed by atoms with Crippen LogP contribution in [0, 0.1) is 11.8 Å². The minimum Gasteiger partial charge on any atom is -0.337 e. The fraction of sp³-hybridized carbons (Fsp3) is 0.467. The second kappa shape index (κ2) is 5.27. The van der Waals surface area contributed by atoms with Crippen LogP contribution >= 0.6 is 23.2 Å². The molecule has 1 saturated heterocycles. The Hall–Kier alpha value is -1.10. The number of rotatable bonds is 2. The summed E-state index contributed by atoms with van der Waals surface area (Å²) >= 11 is 12.0. The van der Waals surface area contributed by atoms with Gasteiger partial charge < -0.3 is 9.84 Å². The van der Waals surface area contributed by atoms with E-state index < -0.39 is 0 Å². The molecule has 0 radical (unpaired) electrons. The molecule has 3 atom stereocenters. The molecule has 0 spiro atoms. The highest BCUT2D eigenvalue weighted by molar-refractivity contribution is 6.35. The van der Waals surface area contributed by atoms with Crippen LogP contribution in [0.2, 0.25) is 10.0 Å². The maximum absolute atomic E-state index is 6.02. The van der Waals surface area contributed by atoms with Crippen LogP contribution in [0.3, 0.4) is 0 Å². The van der Waals surface area contributed by atoms with E-state index in [0.717, 1.165) is 18.0 Å². The van der Waals surface area contributed by atoms with Gasteiger partial charge in [0.25, 0.3) is 0 Å². The lowest BCUT2D eigenvalue weighted by Gasteiger charge is -2.13. The standard InChI is InChI=1S/C15H15Cl2N3O/c16-10-4-9(5-11(17)6-10)14-19-15(21-20-14)13-12-3-1-2-8(12)7-18-13/h4-6,8,12-13,18H,1-3,7H2. The summed E-state index contributed by atoms with van der Waals surface area (Å²) in [5.74, 6) is 2.60. The highest BCUT2D eigenvalue weighted by Crippen LogP contribution is 2.44. The van der Waals surface area contributed by atoms with Crippen LogP contribution in [0.25, 0.3) is 11.4 Å². The van der Waals surface area contributed by atoms with Crippen LogP contribution in [-0.4, -0.2) is 16.7 Å². The monoisotopic (exact) mass is 323 g/mol. The molecular formula is C15H15Cl2N3O. The zero-order valence-corrected chi connectivity index (χ0v) is 12.9. The lowest BCUT2D eigenvalue weighted by Crippen LogP contribution is -2.18. The Bertz CT molecular complexity index is 652. The van der Waals surface area contributed by atoms with Crippen LogP contribution in [0.1, 0.15) is 31.2 Å². The van der Waals surface area contributed by atoms with Gasteiger partial charge in [-0.15, -0.1) is 0 Å². The first-order valence-corrected chi connectivity index (χ1v) is 8.00. The van der Waals surface area contributed by atoms with Crippen molar-refractivity contribution < 1.29 is 4.52 Å². The van der Waals surface area contributed by atoms with Crippen molar-refractivity contribution in [1.29, 1.82) is 0 Å². The highest BCUT2D eigenvalue weighted by Gasteiger charge is 2.42. The zero-order chi connectivity index (χ0) is 14.4. The Morgan fingerprint density at radius 3 is 2.76 bits per heavy atom. The minimum absolute atomic E-state index is 0.188. The molecular weight excluding hydrogens is 309 g/mol. The molecule has 2 fully saturated rings. The van der Waals surface area contributed by atoms with Gasteiger partial charge in [-0.05, 0) is 49.4 Å². The largest absolute Gasteiger partial charge is 0.337 e. The van der Waals surface area contributed by atoms with Crippen molar-refractivity contribution in [2.24, 2.45) is 11.8 Å². The fourth-order valence-corrected chi connectivity index (χ4v) is 4.15. The van der Waals surface area contributed by atoms with E-state index in [9.17, 15) is 0 Å². The molecule has 110 valence electrons. The number of halogens is 2. The molecule has 1 aliphatic heterocycles. The average molecular weight is 324 g/mol. The number of benzene rings is 1. The molecule has 1 saturated carbocycles. The molecule has 4 rings (SSSR count). The Morgan fingerprint density at radius 2 is 1.95 bits per heavy atom. The lowest BCUT2D eigenvalue weighted by atomic mass is 9.94. The first-order chi connectivity index (χ1) is 10.2. The van der Waals surface area contributed by atoms with Crippen LogP contribution < -0.4 is 5.32 Å². The summed E-state index contributed by atoms with van der Waals surface area (Å²) in [6.45, 7) is 1.05. The normalized spacial score (nSPS) is 28.0. The number of hydrogen-bond donors (Lipinski definition) is 1. The van der Waals surface area contributed by atoms with E-state index in [1.54, 1.807) is 18.2 Å². The molecule has 1 N–H and O–H groups in total. The van der Waals surface area contributed by atoms with Crippen molar-refractivity contribution in [3.8, 4) is 11.4 Å². The van der Waals surface area contributed by atoms with Gasteiger partial charge in [-0.25, -0.2) is 0 Å². The van der Waals surface area contributed by atoms with Crippen molar-refractivity contribution in [1.82, 2.24) is 15.5 Å². The Balaban J connectivity index is 1.63. The Labute approximate surface area is 132 Å². The maximum atomic E-state index is 6.02. The Kier molecular flexibility index (Phi) is 3.40. The van der Waals surface area contributed by atoms with E-state index in [4.69, 9.17) is 27.7 Å². The zero-order valence-electron chi connectivity index (χ0n) is 11.4. The van der Waals surface area contributed by atoms with E-state index >= 15 is 0 Å². The van der Waals surface area contributed by atoms with E-state index in [2.05, 4.69) is 15.5 Å². The number of aromatic nitrogens is 2. The maximum Gasteiger partial charge on any atom is 0.244 e. The van der Waals surface area contributed by atoms with E-state index in [1.165, 1.54) is 19.3 Å². The third kappa shape index (κ3) is 2.45. The average Bonchev–Trinajstić information content (AvgIpc) is 3.13. The summed E-state index contributed by atoms with van der Waals surface area (Å²) in [7, 11) is 0. The van der Waals surface area contributed by atoms with Gasteiger partial charge in [-0.3, -0.25) is 0 Å². The Morgan fingerprint density at radius 1 is 1.14 bits per heavy atom. The first-order valence-electron chi connectivity index (χ1n) is 7.24. The molecule has 21 heavy (non-hydrogen) atoms. The minimum atomic E-state index is 0.188. The third-order valence-electron chi connectivity index (χ3n) is 4.57. The molecule has 1 aliphatic carbocycles. The second-order valence-corrected chi connectivity index (χ2v) is 6.73. The van der Waals surface area contributed by atoms with Crippen LogP contribution in [0.5, 0.6) is 0 Å². The molecule has 6 heteroatoms. The number of fused-ring (bicyclic) bond motifs is 1. The number of hydrogen-bond acceptors (Lipinski definition) is 4. The van der Waals surface area contributed by atoms with Gasteiger partial charge in [0.15, 0.2) is 0 Å². The summed E-state index contributed by atoms with van der Waals surface area (Å²) in [6, 6.07) is 5.47. The van der Waals surface area contributed by atoms with Gasteiger partial charge >= 0.3 is 0 Å². The van der Waals surface area contributed by atoms with Crippen molar-refractivity contribution in [2.75, 3.05) is 6.54 Å². The van der Waals surface area contributed by atoms with Crippen molar-refractivity contribution in [2.45, 2.75) is 25.3 Å². The van der Waals surface area contributed by atoms with Crippen molar-refractivity contribution >= 4 is 23.2 Å². The summed E-state index contributed by atoms with van der Waals surface area (Å²) in [6.07, 6.45) is 3.85. The fourth-order valence-electron chi connectivity index (χ4n) is 3.62. The lowest BCUT2D eigenvalue weighted by molar-refractivity contribution is 0.302. The topological polar surface area (TPSA) is 51.0 Å². The number of nitrogens with zero attached hydrogens (tertiary/aromatic N) is 2. The molecule has 2 heterocycles. The molecule has 1 aromatic heterocycles. The SMILES string of the molecule is Clc1cc(Cl)cc(-c2noc(C3NCC4CCCC43)n2)c1. The third-order valence-corrected chi connectivity index (χ3v) is 5.01. The molecule has 4 nitrogen and oxygen atoms in total. The van der Waals surface area contributed by atoms with E-state index in [1.807, 2.05) is 0 Å². The van der Waals surface area contributed by atoms with Gasteiger partial charge in [0.2, 0.25) is 11.7 Å². The van der Waals surface area contributed by atoms with Crippen molar-refractivity contribution in [3.05, 3.63) is 34.1 Å². The molecule has 3 unspecified atom stereocenters. The van der Waals surface area contributed by atoms with Crippen LogP contribution in [0.4, 0.5) is 0 Å². The smallest absolute Gasteiger partial charge is 0.244 e. The summed E-state index contributed by atoms with van der Waals surface area (Å²) in [5, 5.41) is 8.73. The quantitative estimate of drug-likeness (QED) is 0.903. The predicted octanol–water partition coefficient (Wildman–Crippen LogP) is 4.10. The van der Waals surface area contributed by atoms with Gasteiger partial charge in [-0.1, -0.05) is 34.8 Å². The van der Waals surface area contributed by atoms with Crippen LogP contribution in [0.15, 0.2) is 22.7 Å². The molecule has 0 amide bonds. The van der Waals surface area contributed by atoms with E-state index in [-0.39, 0.29) is 6.04 Å². The molecule has 1 aromatic carbocycles. The van der Waals surface area contributed by atoms with Gasteiger partial charge in [-0.2, -0.15) is 4.98 Å². The van der Waals surface area contributed by atoms with E-state index in [0.29, 0.717) is 27.7 Å². The number of nitrogens with one attached hydrogen (secondary N) is 1. The van der Waals surface area contributed by atoms with Crippen LogP contribution in [-0.2, 0) is 0 Å². The summed E-state index contributed by atoms with van der Waals surface area (Å²) in [4.78, 5) is 4.55. The summed E-state index contributed by atoms with van der Waals surface area (Å²) in [5.41, 5.74) is 0.781. The molecule has 2 aromatic rings.